The number of carbonyl (C=O) groups is 2. The van der Waals surface area contributed by atoms with Crippen molar-refractivity contribution in [3.05, 3.63) is 77.8 Å². The second kappa shape index (κ2) is 6.44. The van der Waals surface area contributed by atoms with E-state index >= 15 is 0 Å². The van der Waals surface area contributed by atoms with Gasteiger partial charge in [0, 0.05) is 12.6 Å². The van der Waals surface area contributed by atoms with E-state index < -0.39 is 11.7 Å². The smallest absolute Gasteiger partial charge is 0.277 e. The Morgan fingerprint density at radius 3 is 2.39 bits per heavy atom. The molecule has 0 aliphatic carbocycles. The molecule has 1 aliphatic rings. The maximum Gasteiger partial charge on any atom is 0.277 e. The van der Waals surface area contributed by atoms with Crippen molar-refractivity contribution in [1.29, 1.82) is 0 Å². The molecule has 2 aromatic carbocycles. The van der Waals surface area contributed by atoms with Gasteiger partial charge in [-0.1, -0.05) is 42.5 Å². The molecule has 0 radical (unpaired) electrons. The second-order valence-electron chi connectivity index (χ2n) is 5.19. The van der Waals surface area contributed by atoms with Gasteiger partial charge >= 0.3 is 0 Å². The Morgan fingerprint density at radius 1 is 0.957 bits per heavy atom. The highest BCUT2D eigenvalue weighted by Gasteiger charge is 2.31. The summed E-state index contributed by atoms with van der Waals surface area (Å²) >= 11 is 0. The van der Waals surface area contributed by atoms with Crippen LogP contribution >= 0.6 is 0 Å². The molecule has 0 aromatic heterocycles. The monoisotopic (exact) mass is 310 g/mol. The van der Waals surface area contributed by atoms with Gasteiger partial charge in [0.05, 0.1) is 5.69 Å². The molecule has 1 aliphatic heterocycles. The van der Waals surface area contributed by atoms with Crippen LogP contribution in [-0.4, -0.2) is 23.3 Å². The van der Waals surface area contributed by atoms with E-state index in [0.717, 1.165) is 10.5 Å². The summed E-state index contributed by atoms with van der Waals surface area (Å²) in [4.78, 5) is 25.5. The fourth-order valence-electron chi connectivity index (χ4n) is 2.40. The van der Waals surface area contributed by atoms with Crippen LogP contribution in [0.15, 0.2) is 66.4 Å². The van der Waals surface area contributed by atoms with E-state index in [0.29, 0.717) is 13.0 Å². The number of benzene rings is 2. The Hall–Kier alpha value is -2.95. The summed E-state index contributed by atoms with van der Waals surface area (Å²) < 4.78 is 13.6. The van der Waals surface area contributed by atoms with Gasteiger partial charge in [0.25, 0.3) is 11.8 Å². The number of amides is 2. The fraction of sp³-hybridized carbons (Fsp3) is 0.111. The van der Waals surface area contributed by atoms with E-state index in [9.17, 15) is 14.0 Å². The molecule has 0 unspecified atom stereocenters. The standard InChI is InChI=1S/C18H15FN2O2/c19-14-8-4-5-9-15(14)20-16-12-17(22)21(18(16)23)11-10-13-6-2-1-3-7-13/h1-9,12,20H,10-11H2. The van der Waals surface area contributed by atoms with Gasteiger partial charge in [0.1, 0.15) is 11.5 Å². The minimum atomic E-state index is -0.476. The first-order valence-corrected chi connectivity index (χ1v) is 7.28. The molecule has 0 saturated carbocycles. The predicted octanol–water partition coefficient (Wildman–Crippen LogP) is 2.73. The SMILES string of the molecule is O=C1C=C(Nc2ccccc2F)C(=O)N1CCc1ccccc1. The highest BCUT2D eigenvalue weighted by molar-refractivity contribution is 6.17. The third-order valence-corrected chi connectivity index (χ3v) is 3.62. The quantitative estimate of drug-likeness (QED) is 0.864. The van der Waals surface area contributed by atoms with Crippen molar-refractivity contribution >= 4 is 17.5 Å². The molecule has 1 heterocycles. The number of hydrogen-bond acceptors (Lipinski definition) is 3. The van der Waals surface area contributed by atoms with Crippen LogP contribution < -0.4 is 5.32 Å². The number of imide groups is 1. The largest absolute Gasteiger partial charge is 0.348 e. The average molecular weight is 310 g/mol. The fourth-order valence-corrected chi connectivity index (χ4v) is 2.40. The summed E-state index contributed by atoms with van der Waals surface area (Å²) in [5.41, 5.74) is 1.31. The summed E-state index contributed by atoms with van der Waals surface area (Å²) in [6.45, 7) is 0.292. The number of para-hydroxylation sites is 1. The first-order chi connectivity index (χ1) is 11.1. The lowest BCUT2D eigenvalue weighted by Crippen LogP contribution is -2.33. The van der Waals surface area contributed by atoms with E-state index in [1.807, 2.05) is 30.3 Å². The van der Waals surface area contributed by atoms with E-state index in [1.165, 1.54) is 18.2 Å². The summed E-state index contributed by atoms with van der Waals surface area (Å²) in [7, 11) is 0. The lowest BCUT2D eigenvalue weighted by molar-refractivity contribution is -0.137. The predicted molar refractivity (Wildman–Crippen MR) is 85.0 cm³/mol. The summed E-state index contributed by atoms with van der Waals surface area (Å²) in [6.07, 6.45) is 1.79. The highest BCUT2D eigenvalue weighted by atomic mass is 19.1. The summed E-state index contributed by atoms with van der Waals surface area (Å²) in [6, 6.07) is 15.6. The van der Waals surface area contributed by atoms with Gasteiger partial charge in [0.2, 0.25) is 0 Å². The van der Waals surface area contributed by atoms with Gasteiger partial charge < -0.3 is 5.32 Å². The zero-order chi connectivity index (χ0) is 16.2. The molecule has 116 valence electrons. The lowest BCUT2D eigenvalue weighted by Gasteiger charge is -2.15. The van der Waals surface area contributed by atoms with Gasteiger partial charge in [-0.2, -0.15) is 0 Å². The van der Waals surface area contributed by atoms with Crippen LogP contribution in [0, 0.1) is 5.82 Å². The third kappa shape index (κ3) is 3.29. The minimum Gasteiger partial charge on any atom is -0.348 e. The summed E-state index contributed by atoms with van der Waals surface area (Å²) in [5, 5.41) is 2.69. The number of rotatable bonds is 5. The lowest BCUT2D eigenvalue weighted by atomic mass is 10.1. The van der Waals surface area contributed by atoms with Crippen molar-refractivity contribution < 1.29 is 14.0 Å². The van der Waals surface area contributed by atoms with Crippen LogP contribution in [0.4, 0.5) is 10.1 Å². The van der Waals surface area contributed by atoms with Gasteiger partial charge in [-0.3, -0.25) is 14.5 Å². The molecule has 5 heteroatoms. The Kier molecular flexibility index (Phi) is 4.19. The topological polar surface area (TPSA) is 49.4 Å². The Bertz CT molecular complexity index is 772. The molecule has 4 nitrogen and oxygen atoms in total. The molecule has 0 saturated heterocycles. The zero-order valence-corrected chi connectivity index (χ0v) is 12.3. The van der Waals surface area contributed by atoms with Crippen molar-refractivity contribution in [2.45, 2.75) is 6.42 Å². The minimum absolute atomic E-state index is 0.0909. The molecule has 0 bridgehead atoms. The Morgan fingerprint density at radius 2 is 1.65 bits per heavy atom. The number of carbonyl (C=O) groups excluding carboxylic acids is 2. The first kappa shape index (κ1) is 15.0. The second-order valence-corrected chi connectivity index (χ2v) is 5.19. The maximum atomic E-state index is 13.6. The van der Waals surface area contributed by atoms with Gasteiger partial charge in [0.15, 0.2) is 0 Å². The van der Waals surface area contributed by atoms with Crippen molar-refractivity contribution in [2.75, 3.05) is 11.9 Å². The van der Waals surface area contributed by atoms with E-state index in [2.05, 4.69) is 5.32 Å². The molecule has 0 atom stereocenters. The van der Waals surface area contributed by atoms with Crippen LogP contribution in [0.5, 0.6) is 0 Å². The molecular weight excluding hydrogens is 295 g/mol. The van der Waals surface area contributed by atoms with E-state index in [4.69, 9.17) is 0 Å². The molecule has 1 N–H and O–H groups in total. The van der Waals surface area contributed by atoms with Crippen molar-refractivity contribution in [1.82, 2.24) is 4.90 Å². The van der Waals surface area contributed by atoms with Gasteiger partial charge in [-0.05, 0) is 24.1 Å². The van der Waals surface area contributed by atoms with Gasteiger partial charge in [-0.15, -0.1) is 0 Å². The molecule has 2 aromatic rings. The molecule has 0 spiro atoms. The average Bonchev–Trinajstić information content (AvgIpc) is 2.82. The number of halogens is 1. The molecule has 3 rings (SSSR count). The normalized spacial score (nSPS) is 14.1. The molecule has 2 amide bonds. The van der Waals surface area contributed by atoms with Crippen molar-refractivity contribution in [2.24, 2.45) is 0 Å². The van der Waals surface area contributed by atoms with E-state index in [-0.39, 0.29) is 17.3 Å². The molecular formula is C18H15FN2O2. The Labute approximate surface area is 133 Å². The number of nitrogens with zero attached hydrogens (tertiary/aromatic N) is 1. The van der Waals surface area contributed by atoms with Crippen molar-refractivity contribution in [3.8, 4) is 0 Å². The van der Waals surface area contributed by atoms with Gasteiger partial charge in [-0.25, -0.2) is 4.39 Å². The van der Waals surface area contributed by atoms with Crippen molar-refractivity contribution in [3.63, 3.8) is 0 Å². The number of anilines is 1. The van der Waals surface area contributed by atoms with Crippen LogP contribution in [0.25, 0.3) is 0 Å². The summed E-state index contributed by atoms with van der Waals surface area (Å²) in [5.74, 6) is -1.30. The van der Waals surface area contributed by atoms with Crippen LogP contribution in [-0.2, 0) is 16.0 Å². The number of hydrogen-bond donors (Lipinski definition) is 1. The van der Waals surface area contributed by atoms with Crippen LogP contribution in [0.2, 0.25) is 0 Å². The first-order valence-electron chi connectivity index (χ1n) is 7.28. The van der Waals surface area contributed by atoms with Crippen LogP contribution in [0.1, 0.15) is 5.56 Å². The third-order valence-electron chi connectivity index (χ3n) is 3.62. The maximum absolute atomic E-state index is 13.6. The number of nitrogens with one attached hydrogen (secondary N) is 1. The Balaban J connectivity index is 1.67. The highest BCUT2D eigenvalue weighted by Crippen LogP contribution is 2.19. The zero-order valence-electron chi connectivity index (χ0n) is 12.3. The molecule has 23 heavy (non-hydrogen) atoms. The van der Waals surface area contributed by atoms with E-state index in [1.54, 1.807) is 12.1 Å². The van der Waals surface area contributed by atoms with Crippen LogP contribution in [0.3, 0.4) is 0 Å². The molecule has 0 fully saturated rings.